The molecule has 0 saturated carbocycles. The van der Waals surface area contributed by atoms with Crippen molar-refractivity contribution in [3.8, 4) is 0 Å². The highest BCUT2D eigenvalue weighted by molar-refractivity contribution is 14.1. The molecule has 0 amide bonds. The lowest BCUT2D eigenvalue weighted by Crippen LogP contribution is -2.44. The Morgan fingerprint density at radius 2 is 1.62 bits per heavy atom. The Hall–Kier alpha value is 0.650. The minimum absolute atomic E-state index is 0.831. The van der Waals surface area contributed by atoms with Crippen molar-refractivity contribution in [1.82, 2.24) is 4.90 Å². The van der Waals surface area contributed by atoms with Crippen LogP contribution in [0.1, 0.15) is 25.7 Å². The summed E-state index contributed by atoms with van der Waals surface area (Å²) in [4.78, 5) is 2.68. The van der Waals surface area contributed by atoms with E-state index in [1.165, 1.54) is 38.8 Å². The van der Waals surface area contributed by atoms with Gasteiger partial charge >= 0.3 is 0 Å². The molecular weight excluding hydrogens is 277 g/mol. The van der Waals surface area contributed by atoms with E-state index in [9.17, 15) is 0 Å². The van der Waals surface area contributed by atoms with Gasteiger partial charge in [-0.1, -0.05) is 22.6 Å². The average Bonchev–Trinajstić information content (AvgIpc) is 2.20. The van der Waals surface area contributed by atoms with Crippen LogP contribution >= 0.6 is 22.6 Å². The van der Waals surface area contributed by atoms with Gasteiger partial charge in [0.1, 0.15) is 0 Å². The highest BCUT2D eigenvalue weighted by atomic mass is 127. The second-order valence-electron chi connectivity index (χ2n) is 4.05. The van der Waals surface area contributed by atoms with Crippen molar-refractivity contribution in [3.05, 3.63) is 0 Å². The van der Waals surface area contributed by atoms with Crippen LogP contribution in [0.5, 0.6) is 0 Å². The standard InChI is InChI=1S/C10H18INO/c11-9-1-5-12(6-2-9)10-3-7-13-8-4-10/h9-10H,1-8H2. The number of halogens is 1. The van der Waals surface area contributed by atoms with Gasteiger partial charge in [-0.25, -0.2) is 0 Å². The third-order valence-electron chi connectivity index (χ3n) is 3.17. The van der Waals surface area contributed by atoms with Crippen LogP contribution in [-0.2, 0) is 4.74 Å². The van der Waals surface area contributed by atoms with Gasteiger partial charge in [-0.15, -0.1) is 0 Å². The third kappa shape index (κ3) is 2.80. The SMILES string of the molecule is IC1CCN(C2CCOCC2)CC1. The summed E-state index contributed by atoms with van der Waals surface area (Å²) in [5, 5.41) is 0. The first-order valence-electron chi connectivity index (χ1n) is 5.32. The van der Waals surface area contributed by atoms with Crippen LogP contribution in [0.2, 0.25) is 0 Å². The first-order chi connectivity index (χ1) is 6.36. The lowest BCUT2D eigenvalue weighted by Gasteiger charge is -2.38. The van der Waals surface area contributed by atoms with Gasteiger partial charge < -0.3 is 9.64 Å². The number of alkyl halides is 1. The lowest BCUT2D eigenvalue weighted by molar-refractivity contribution is 0.0284. The molecule has 2 saturated heterocycles. The maximum absolute atomic E-state index is 5.38. The zero-order valence-corrected chi connectivity index (χ0v) is 10.2. The Balaban J connectivity index is 1.79. The lowest BCUT2D eigenvalue weighted by atomic mass is 10.0. The van der Waals surface area contributed by atoms with E-state index in [1.807, 2.05) is 0 Å². The van der Waals surface area contributed by atoms with Crippen LogP contribution in [0.3, 0.4) is 0 Å². The predicted octanol–water partition coefficient (Wildman–Crippen LogP) is 2.06. The second-order valence-corrected chi connectivity index (χ2v) is 5.82. The van der Waals surface area contributed by atoms with Crippen LogP contribution in [-0.4, -0.2) is 41.2 Å². The van der Waals surface area contributed by atoms with E-state index < -0.39 is 0 Å². The fourth-order valence-electron chi connectivity index (χ4n) is 2.28. The zero-order valence-electron chi connectivity index (χ0n) is 8.04. The van der Waals surface area contributed by atoms with Gasteiger partial charge in [-0.05, 0) is 38.8 Å². The largest absolute Gasteiger partial charge is 0.381 e. The number of rotatable bonds is 1. The van der Waals surface area contributed by atoms with E-state index in [-0.39, 0.29) is 0 Å². The van der Waals surface area contributed by atoms with Crippen molar-refractivity contribution >= 4 is 22.6 Å². The molecule has 2 rings (SSSR count). The summed E-state index contributed by atoms with van der Waals surface area (Å²) in [7, 11) is 0. The van der Waals surface area contributed by atoms with Crippen molar-refractivity contribution in [1.29, 1.82) is 0 Å². The maximum Gasteiger partial charge on any atom is 0.0480 e. The second kappa shape index (κ2) is 4.94. The Labute approximate surface area is 94.1 Å². The molecule has 2 nitrogen and oxygen atoms in total. The van der Waals surface area contributed by atoms with E-state index in [2.05, 4.69) is 27.5 Å². The van der Waals surface area contributed by atoms with Gasteiger partial charge in [0.15, 0.2) is 0 Å². The molecule has 2 aliphatic rings. The van der Waals surface area contributed by atoms with Crippen LogP contribution < -0.4 is 0 Å². The van der Waals surface area contributed by atoms with Gasteiger partial charge in [0.25, 0.3) is 0 Å². The van der Waals surface area contributed by atoms with Gasteiger partial charge in [0.05, 0.1) is 0 Å². The first-order valence-corrected chi connectivity index (χ1v) is 6.56. The Bertz CT molecular complexity index is 151. The summed E-state index contributed by atoms with van der Waals surface area (Å²) in [6.45, 7) is 4.60. The molecule has 0 aromatic rings. The summed E-state index contributed by atoms with van der Waals surface area (Å²) in [5.74, 6) is 0. The number of nitrogens with zero attached hydrogens (tertiary/aromatic N) is 1. The van der Waals surface area contributed by atoms with E-state index >= 15 is 0 Å². The average molecular weight is 295 g/mol. The van der Waals surface area contributed by atoms with Crippen molar-refractivity contribution in [2.75, 3.05) is 26.3 Å². The highest BCUT2D eigenvalue weighted by Crippen LogP contribution is 2.23. The number of ether oxygens (including phenoxy) is 1. The van der Waals surface area contributed by atoms with Crippen LogP contribution in [0.25, 0.3) is 0 Å². The smallest absolute Gasteiger partial charge is 0.0480 e. The van der Waals surface area contributed by atoms with Crippen molar-refractivity contribution in [2.45, 2.75) is 35.6 Å². The minimum atomic E-state index is 0.831. The van der Waals surface area contributed by atoms with Crippen LogP contribution in [0, 0.1) is 0 Å². The minimum Gasteiger partial charge on any atom is -0.381 e. The molecule has 0 unspecified atom stereocenters. The fraction of sp³-hybridized carbons (Fsp3) is 1.00. The number of hydrogen-bond acceptors (Lipinski definition) is 2. The van der Waals surface area contributed by atoms with Crippen LogP contribution in [0.15, 0.2) is 0 Å². The van der Waals surface area contributed by atoms with Crippen molar-refractivity contribution in [2.24, 2.45) is 0 Å². The molecule has 0 atom stereocenters. The molecule has 0 aliphatic carbocycles. The van der Waals surface area contributed by atoms with E-state index in [1.54, 1.807) is 0 Å². The van der Waals surface area contributed by atoms with Crippen molar-refractivity contribution < 1.29 is 4.74 Å². The van der Waals surface area contributed by atoms with Gasteiger partial charge in [-0.3, -0.25) is 0 Å². The van der Waals surface area contributed by atoms with E-state index in [0.29, 0.717) is 0 Å². The van der Waals surface area contributed by atoms with Gasteiger partial charge in [0.2, 0.25) is 0 Å². The molecule has 0 radical (unpaired) electrons. The third-order valence-corrected chi connectivity index (χ3v) is 4.41. The van der Waals surface area contributed by atoms with E-state index in [4.69, 9.17) is 4.74 Å². The Morgan fingerprint density at radius 3 is 2.23 bits per heavy atom. The van der Waals surface area contributed by atoms with Crippen LogP contribution in [0.4, 0.5) is 0 Å². The summed E-state index contributed by atoms with van der Waals surface area (Å²) in [6.07, 6.45) is 5.29. The molecule has 0 bridgehead atoms. The zero-order chi connectivity index (χ0) is 9.10. The first kappa shape index (κ1) is 10.2. The molecule has 13 heavy (non-hydrogen) atoms. The number of piperidine rings is 1. The molecular formula is C10H18INO. The highest BCUT2D eigenvalue weighted by Gasteiger charge is 2.25. The number of hydrogen-bond donors (Lipinski definition) is 0. The predicted molar refractivity (Wildman–Crippen MR) is 62.5 cm³/mol. The summed E-state index contributed by atoms with van der Waals surface area (Å²) in [6, 6.07) is 0.831. The molecule has 2 aliphatic heterocycles. The number of likely N-dealkylation sites (tertiary alicyclic amines) is 1. The molecule has 3 heteroatoms. The molecule has 0 aromatic carbocycles. The summed E-state index contributed by atoms with van der Waals surface area (Å²) in [5.41, 5.74) is 0. The molecule has 76 valence electrons. The van der Waals surface area contributed by atoms with Crippen molar-refractivity contribution in [3.63, 3.8) is 0 Å². The molecule has 2 fully saturated rings. The quantitative estimate of drug-likeness (QED) is 0.542. The topological polar surface area (TPSA) is 12.5 Å². The monoisotopic (exact) mass is 295 g/mol. The Kier molecular flexibility index (Phi) is 3.86. The van der Waals surface area contributed by atoms with Gasteiger partial charge in [-0.2, -0.15) is 0 Å². The maximum atomic E-state index is 5.38. The molecule has 2 heterocycles. The molecule has 0 N–H and O–H groups in total. The molecule has 0 aromatic heterocycles. The Morgan fingerprint density at radius 1 is 1.00 bits per heavy atom. The van der Waals surface area contributed by atoms with E-state index in [0.717, 1.165) is 23.2 Å². The summed E-state index contributed by atoms with van der Waals surface area (Å²) < 4.78 is 6.31. The fourth-order valence-corrected chi connectivity index (χ4v) is 2.84. The van der Waals surface area contributed by atoms with Gasteiger partial charge in [0, 0.05) is 23.2 Å². The normalized spacial score (nSPS) is 29.3. The summed E-state index contributed by atoms with van der Waals surface area (Å²) >= 11 is 2.59. The molecule has 0 spiro atoms.